The first kappa shape index (κ1) is 13.9. The summed E-state index contributed by atoms with van der Waals surface area (Å²) < 4.78 is 0. The molecule has 0 aliphatic carbocycles. The van der Waals surface area contributed by atoms with Crippen molar-refractivity contribution in [3.63, 3.8) is 0 Å². The Morgan fingerprint density at radius 3 is 2.21 bits per heavy atom. The minimum atomic E-state index is 0.793. The minimum Gasteiger partial charge on any atom is -0.309 e. The van der Waals surface area contributed by atoms with Crippen LogP contribution in [0.3, 0.4) is 0 Å². The lowest BCUT2D eigenvalue weighted by Gasteiger charge is -2.19. The van der Waals surface area contributed by atoms with Gasteiger partial charge >= 0.3 is 0 Å². The van der Waals surface area contributed by atoms with Gasteiger partial charge in [0.1, 0.15) is 0 Å². The van der Waals surface area contributed by atoms with Crippen LogP contribution in [0.5, 0.6) is 0 Å². The molecule has 0 saturated heterocycles. The van der Waals surface area contributed by atoms with Crippen LogP contribution in [0.1, 0.15) is 26.7 Å². The summed E-state index contributed by atoms with van der Waals surface area (Å²) >= 11 is 0. The first-order valence-electron chi connectivity index (χ1n) is 5.61. The van der Waals surface area contributed by atoms with Crippen molar-refractivity contribution in [2.45, 2.75) is 26.7 Å². The van der Waals surface area contributed by atoms with Gasteiger partial charge in [-0.15, -0.1) is 0 Å². The Kier molecular flexibility index (Phi) is 8.14. The molecule has 86 valence electrons. The van der Waals surface area contributed by atoms with E-state index >= 15 is 0 Å². The van der Waals surface area contributed by atoms with Crippen molar-refractivity contribution < 1.29 is 0 Å². The third-order valence-corrected chi connectivity index (χ3v) is 2.21. The summed E-state index contributed by atoms with van der Waals surface area (Å²) in [5.74, 6) is 0.793. The number of rotatable bonds is 8. The van der Waals surface area contributed by atoms with Crippen molar-refractivity contribution >= 4 is 0 Å². The summed E-state index contributed by atoms with van der Waals surface area (Å²) in [4.78, 5) is 2.22. The van der Waals surface area contributed by atoms with Crippen molar-refractivity contribution in [1.29, 1.82) is 0 Å². The molecule has 14 heavy (non-hydrogen) atoms. The van der Waals surface area contributed by atoms with E-state index in [9.17, 15) is 0 Å². The van der Waals surface area contributed by atoms with E-state index in [1.54, 1.807) is 0 Å². The van der Waals surface area contributed by atoms with Crippen LogP contribution in [0.25, 0.3) is 0 Å². The number of hydrogen-bond donors (Lipinski definition) is 1. The Bertz CT molecular complexity index is 124. The zero-order valence-electron chi connectivity index (χ0n) is 10.5. The average molecular weight is 201 g/mol. The minimum absolute atomic E-state index is 0.793. The molecule has 0 fully saturated rings. The van der Waals surface area contributed by atoms with Crippen LogP contribution in [0.4, 0.5) is 0 Å². The van der Waals surface area contributed by atoms with E-state index in [0.29, 0.717) is 0 Å². The van der Waals surface area contributed by atoms with Gasteiger partial charge in [0.15, 0.2) is 0 Å². The first-order valence-corrected chi connectivity index (χ1v) is 5.61. The zero-order valence-corrected chi connectivity index (χ0v) is 10.5. The molecule has 0 aromatic carbocycles. The molecule has 0 spiro atoms. The second kappa shape index (κ2) is 8.21. The predicted octanol–water partition coefficient (Wildman–Crippen LogP) is 1.42. The number of nitrogens with zero attached hydrogens (tertiary/aromatic N) is 2. The summed E-state index contributed by atoms with van der Waals surface area (Å²) in [6, 6.07) is 0. The molecule has 0 aliphatic heterocycles. The van der Waals surface area contributed by atoms with Crippen LogP contribution in [0, 0.1) is 5.92 Å². The van der Waals surface area contributed by atoms with Crippen LogP contribution in [0.15, 0.2) is 0 Å². The maximum atomic E-state index is 3.40. The average Bonchev–Trinajstić information content (AvgIpc) is 2.08. The standard InChI is InChI=1S/C11H27N3/c1-11(2)7-10-14(5)12-8-6-9-13(3)4/h11-12H,6-10H2,1-5H3. The molecule has 3 heteroatoms. The molecule has 0 aromatic rings. The van der Waals surface area contributed by atoms with Crippen molar-refractivity contribution in [2.24, 2.45) is 5.92 Å². The van der Waals surface area contributed by atoms with Gasteiger partial charge < -0.3 is 4.90 Å². The van der Waals surface area contributed by atoms with Gasteiger partial charge in [-0.25, -0.2) is 5.01 Å². The molecule has 3 nitrogen and oxygen atoms in total. The summed E-state index contributed by atoms with van der Waals surface area (Å²) in [5, 5.41) is 2.20. The molecule has 0 heterocycles. The Balaban J connectivity index is 3.22. The molecule has 0 saturated carbocycles. The Hall–Kier alpha value is -0.120. The molecule has 1 N–H and O–H groups in total. The Labute approximate surface area is 89.4 Å². The fraction of sp³-hybridized carbons (Fsp3) is 1.00. The van der Waals surface area contributed by atoms with Gasteiger partial charge in [-0.3, -0.25) is 5.43 Å². The molecule has 0 unspecified atom stereocenters. The van der Waals surface area contributed by atoms with Crippen LogP contribution < -0.4 is 5.43 Å². The Morgan fingerprint density at radius 2 is 1.71 bits per heavy atom. The van der Waals surface area contributed by atoms with Crippen LogP contribution in [-0.2, 0) is 0 Å². The number of hydrogen-bond acceptors (Lipinski definition) is 3. The molecule has 0 amide bonds. The van der Waals surface area contributed by atoms with Crippen LogP contribution in [0.2, 0.25) is 0 Å². The van der Waals surface area contributed by atoms with E-state index < -0.39 is 0 Å². The molecular formula is C11H27N3. The first-order chi connectivity index (χ1) is 6.52. The summed E-state index contributed by atoms with van der Waals surface area (Å²) in [7, 11) is 6.35. The van der Waals surface area contributed by atoms with Crippen molar-refractivity contribution in [2.75, 3.05) is 40.8 Å². The van der Waals surface area contributed by atoms with Crippen LogP contribution in [-0.4, -0.2) is 50.7 Å². The smallest absolute Gasteiger partial charge is 0.0130 e. The summed E-state index contributed by atoms with van der Waals surface area (Å²) in [6.45, 7) is 7.90. The van der Waals surface area contributed by atoms with Crippen molar-refractivity contribution in [3.8, 4) is 0 Å². The lowest BCUT2D eigenvalue weighted by molar-refractivity contribution is 0.216. The van der Waals surface area contributed by atoms with E-state index in [-0.39, 0.29) is 0 Å². The largest absolute Gasteiger partial charge is 0.309 e. The van der Waals surface area contributed by atoms with E-state index in [1.807, 2.05) is 0 Å². The highest BCUT2D eigenvalue weighted by Gasteiger charge is 1.99. The molecular weight excluding hydrogens is 174 g/mol. The molecule has 0 aliphatic rings. The zero-order chi connectivity index (χ0) is 11.0. The second-order valence-electron chi connectivity index (χ2n) is 4.67. The van der Waals surface area contributed by atoms with E-state index in [1.165, 1.54) is 12.8 Å². The number of hydrazine groups is 1. The molecule has 0 aromatic heterocycles. The van der Waals surface area contributed by atoms with Gasteiger partial charge in [0.25, 0.3) is 0 Å². The van der Waals surface area contributed by atoms with Gasteiger partial charge in [0, 0.05) is 20.1 Å². The molecule has 0 bridgehead atoms. The molecule has 0 radical (unpaired) electrons. The number of nitrogens with one attached hydrogen (secondary N) is 1. The van der Waals surface area contributed by atoms with Gasteiger partial charge in [-0.1, -0.05) is 13.8 Å². The lowest BCUT2D eigenvalue weighted by atomic mass is 10.1. The van der Waals surface area contributed by atoms with E-state index in [0.717, 1.165) is 25.6 Å². The Morgan fingerprint density at radius 1 is 1.07 bits per heavy atom. The van der Waals surface area contributed by atoms with Crippen molar-refractivity contribution in [1.82, 2.24) is 15.3 Å². The normalized spacial score (nSPS) is 12.0. The van der Waals surface area contributed by atoms with E-state index in [4.69, 9.17) is 0 Å². The highest BCUT2D eigenvalue weighted by atomic mass is 15.5. The quantitative estimate of drug-likeness (QED) is 0.473. The van der Waals surface area contributed by atoms with Gasteiger partial charge in [-0.2, -0.15) is 0 Å². The maximum absolute atomic E-state index is 3.40. The van der Waals surface area contributed by atoms with Gasteiger partial charge in [0.05, 0.1) is 0 Å². The SMILES string of the molecule is CC(C)CCN(C)NCCCN(C)C. The maximum Gasteiger partial charge on any atom is 0.0130 e. The highest BCUT2D eigenvalue weighted by molar-refractivity contribution is 4.52. The fourth-order valence-electron chi connectivity index (χ4n) is 1.20. The third-order valence-electron chi connectivity index (χ3n) is 2.21. The van der Waals surface area contributed by atoms with Crippen molar-refractivity contribution in [3.05, 3.63) is 0 Å². The highest BCUT2D eigenvalue weighted by Crippen LogP contribution is 1.98. The van der Waals surface area contributed by atoms with Gasteiger partial charge in [-0.05, 0) is 39.4 Å². The lowest BCUT2D eigenvalue weighted by Crippen LogP contribution is -2.37. The summed E-state index contributed by atoms with van der Waals surface area (Å²) in [5.41, 5.74) is 3.40. The fourth-order valence-corrected chi connectivity index (χ4v) is 1.20. The van der Waals surface area contributed by atoms with Gasteiger partial charge in [0.2, 0.25) is 0 Å². The molecule has 0 atom stereocenters. The van der Waals surface area contributed by atoms with E-state index in [2.05, 4.69) is 50.3 Å². The topological polar surface area (TPSA) is 18.5 Å². The third kappa shape index (κ3) is 9.96. The van der Waals surface area contributed by atoms with Crippen LogP contribution >= 0.6 is 0 Å². The summed E-state index contributed by atoms with van der Waals surface area (Å²) in [6.07, 6.45) is 2.47. The monoisotopic (exact) mass is 201 g/mol. The second-order valence-corrected chi connectivity index (χ2v) is 4.67. The predicted molar refractivity (Wildman–Crippen MR) is 63.3 cm³/mol. The molecule has 0 rings (SSSR count).